The van der Waals surface area contributed by atoms with Crippen molar-refractivity contribution < 1.29 is 14.3 Å². The number of carbonyl (C=O) groups is 2. The second kappa shape index (κ2) is 10.0. The summed E-state index contributed by atoms with van der Waals surface area (Å²) in [5.41, 5.74) is 7.70. The highest BCUT2D eigenvalue weighted by Crippen LogP contribution is 2.22. The van der Waals surface area contributed by atoms with Crippen molar-refractivity contribution in [2.45, 2.75) is 39.5 Å². The van der Waals surface area contributed by atoms with Gasteiger partial charge in [0, 0.05) is 5.56 Å². The highest BCUT2D eigenvalue weighted by molar-refractivity contribution is 7.80. The molecule has 0 spiro atoms. The lowest BCUT2D eigenvalue weighted by atomic mass is 9.87. The number of aryl methyl sites for hydroxylation is 1. The van der Waals surface area contributed by atoms with Crippen molar-refractivity contribution >= 4 is 29.1 Å². The van der Waals surface area contributed by atoms with Crippen molar-refractivity contribution in [3.05, 3.63) is 65.2 Å². The first-order valence-electron chi connectivity index (χ1n) is 9.41. The number of nitrogens with one attached hydrogen (secondary N) is 3. The van der Waals surface area contributed by atoms with E-state index in [1.54, 1.807) is 12.1 Å². The Labute approximate surface area is 177 Å². The molecular weight excluding hydrogens is 386 g/mol. The summed E-state index contributed by atoms with van der Waals surface area (Å²) in [6.45, 7) is 8.20. The molecule has 0 aromatic heterocycles. The molecule has 0 bridgehead atoms. The normalized spacial score (nSPS) is 10.8. The molecule has 2 aromatic rings. The Kier molecular flexibility index (Phi) is 7.73. The molecule has 0 heterocycles. The molecule has 0 unspecified atom stereocenters. The van der Waals surface area contributed by atoms with Crippen LogP contribution in [0.4, 0.5) is 0 Å². The fourth-order valence-corrected chi connectivity index (χ4v) is 2.60. The zero-order valence-corrected chi connectivity index (χ0v) is 18.0. The Morgan fingerprint density at radius 1 is 0.966 bits per heavy atom. The molecule has 0 saturated heterocycles. The highest BCUT2D eigenvalue weighted by atomic mass is 32.1. The number of benzene rings is 2. The Hall–Kier alpha value is -2.93. The van der Waals surface area contributed by atoms with E-state index in [0.29, 0.717) is 11.3 Å². The molecule has 154 valence electrons. The summed E-state index contributed by atoms with van der Waals surface area (Å²) in [6.07, 6.45) is 0.939. The van der Waals surface area contributed by atoms with Crippen LogP contribution in [0.2, 0.25) is 0 Å². The average Bonchev–Trinajstić information content (AvgIpc) is 2.70. The summed E-state index contributed by atoms with van der Waals surface area (Å²) in [5.74, 6) is -0.174. The van der Waals surface area contributed by atoms with Crippen LogP contribution in [0.5, 0.6) is 5.75 Å². The van der Waals surface area contributed by atoms with Gasteiger partial charge < -0.3 is 4.74 Å². The Morgan fingerprint density at radius 2 is 1.59 bits per heavy atom. The summed E-state index contributed by atoms with van der Waals surface area (Å²) in [6, 6.07) is 14.8. The van der Waals surface area contributed by atoms with E-state index in [1.807, 2.05) is 36.4 Å². The van der Waals surface area contributed by atoms with Crippen LogP contribution in [0.25, 0.3) is 0 Å². The number of carbonyl (C=O) groups excluding carboxylic acids is 2. The van der Waals surface area contributed by atoms with E-state index in [-0.39, 0.29) is 23.0 Å². The molecule has 0 aliphatic rings. The lowest BCUT2D eigenvalue weighted by Crippen LogP contribution is -2.49. The van der Waals surface area contributed by atoms with E-state index in [9.17, 15) is 9.59 Å². The number of thiocarbonyl (C=S) groups is 1. The van der Waals surface area contributed by atoms with Gasteiger partial charge in [-0.05, 0) is 59.4 Å². The fraction of sp³-hybridized carbons (Fsp3) is 0.318. The molecule has 0 saturated carbocycles. The van der Waals surface area contributed by atoms with Crippen LogP contribution in [0.3, 0.4) is 0 Å². The second-order valence-electron chi connectivity index (χ2n) is 7.57. The smallest absolute Gasteiger partial charge is 0.276 e. The van der Waals surface area contributed by atoms with Gasteiger partial charge in [-0.1, -0.05) is 52.0 Å². The maximum Gasteiger partial charge on any atom is 0.276 e. The van der Waals surface area contributed by atoms with Crippen LogP contribution in [0, 0.1) is 0 Å². The minimum Gasteiger partial charge on any atom is -0.484 e. The number of hydrogen-bond acceptors (Lipinski definition) is 4. The summed E-state index contributed by atoms with van der Waals surface area (Å²) in [7, 11) is 0. The number of rotatable bonds is 5. The topological polar surface area (TPSA) is 79.5 Å². The summed E-state index contributed by atoms with van der Waals surface area (Å²) < 4.78 is 5.41. The number of hydrogen-bond donors (Lipinski definition) is 3. The van der Waals surface area contributed by atoms with Gasteiger partial charge in [-0.25, -0.2) is 0 Å². The highest BCUT2D eigenvalue weighted by Gasteiger charge is 2.15. The van der Waals surface area contributed by atoms with E-state index in [1.165, 1.54) is 5.56 Å². The van der Waals surface area contributed by atoms with Gasteiger partial charge in [0.1, 0.15) is 5.75 Å². The average molecular weight is 414 g/mol. The maximum absolute atomic E-state index is 12.2. The van der Waals surface area contributed by atoms with Crippen LogP contribution in [0.15, 0.2) is 48.5 Å². The molecule has 2 aromatic carbocycles. The monoisotopic (exact) mass is 413 g/mol. The number of hydrazine groups is 1. The number of amides is 2. The summed E-state index contributed by atoms with van der Waals surface area (Å²) >= 11 is 5.04. The molecule has 0 fully saturated rings. The zero-order valence-electron chi connectivity index (χ0n) is 17.2. The third kappa shape index (κ3) is 7.19. The Morgan fingerprint density at radius 3 is 2.14 bits per heavy atom. The molecule has 0 atom stereocenters. The molecule has 3 N–H and O–H groups in total. The number of ether oxygens (including phenoxy) is 1. The van der Waals surface area contributed by atoms with Gasteiger partial charge in [0.2, 0.25) is 0 Å². The van der Waals surface area contributed by atoms with Crippen LogP contribution in [-0.4, -0.2) is 23.5 Å². The van der Waals surface area contributed by atoms with E-state index >= 15 is 0 Å². The predicted octanol–water partition coefficient (Wildman–Crippen LogP) is 3.26. The first-order chi connectivity index (χ1) is 13.7. The quantitative estimate of drug-likeness (QED) is 0.518. The van der Waals surface area contributed by atoms with Gasteiger partial charge in [-0.3, -0.25) is 25.8 Å². The van der Waals surface area contributed by atoms with Crippen LogP contribution < -0.4 is 20.9 Å². The lowest BCUT2D eigenvalue weighted by molar-refractivity contribution is -0.123. The second-order valence-corrected chi connectivity index (χ2v) is 7.98. The Bertz CT molecular complexity index is 856. The van der Waals surface area contributed by atoms with E-state index < -0.39 is 5.91 Å². The van der Waals surface area contributed by atoms with Gasteiger partial charge in [0.05, 0.1) is 0 Å². The predicted molar refractivity (Wildman–Crippen MR) is 118 cm³/mol. The minimum atomic E-state index is -0.421. The molecule has 29 heavy (non-hydrogen) atoms. The van der Waals surface area contributed by atoms with Gasteiger partial charge in [0.15, 0.2) is 11.7 Å². The first kappa shape index (κ1) is 22.4. The largest absolute Gasteiger partial charge is 0.484 e. The van der Waals surface area contributed by atoms with Crippen molar-refractivity contribution in [1.82, 2.24) is 16.2 Å². The van der Waals surface area contributed by atoms with Crippen molar-refractivity contribution in [2.75, 3.05) is 6.61 Å². The van der Waals surface area contributed by atoms with Crippen LogP contribution >= 0.6 is 12.2 Å². The molecule has 6 nitrogen and oxygen atoms in total. The summed E-state index contributed by atoms with van der Waals surface area (Å²) in [5, 5.41) is 2.52. The van der Waals surface area contributed by atoms with E-state index in [0.717, 1.165) is 12.0 Å². The Balaban J connectivity index is 1.75. The minimum absolute atomic E-state index is 0.00412. The fourth-order valence-electron chi connectivity index (χ4n) is 2.46. The zero-order chi connectivity index (χ0) is 21.4. The van der Waals surface area contributed by atoms with E-state index in [2.05, 4.69) is 43.9 Å². The molecule has 0 aliphatic heterocycles. The molecule has 0 aliphatic carbocycles. The van der Waals surface area contributed by atoms with Crippen LogP contribution in [0.1, 0.15) is 49.2 Å². The van der Waals surface area contributed by atoms with Crippen molar-refractivity contribution in [3.8, 4) is 5.75 Å². The summed E-state index contributed by atoms with van der Waals surface area (Å²) in [4.78, 5) is 24.1. The first-order valence-corrected chi connectivity index (χ1v) is 9.82. The molecule has 2 amide bonds. The molecule has 0 radical (unpaired) electrons. The van der Waals surface area contributed by atoms with Crippen molar-refractivity contribution in [1.29, 1.82) is 0 Å². The third-order valence-electron chi connectivity index (χ3n) is 4.26. The third-order valence-corrected chi connectivity index (χ3v) is 4.46. The maximum atomic E-state index is 12.2. The van der Waals surface area contributed by atoms with Gasteiger partial charge in [-0.15, -0.1) is 0 Å². The molecule has 7 heteroatoms. The van der Waals surface area contributed by atoms with E-state index in [4.69, 9.17) is 17.0 Å². The SMILES string of the molecule is CCc1ccc(OCC(=O)NNC(=S)NC(=O)c2ccc(C(C)(C)C)cc2)cc1. The van der Waals surface area contributed by atoms with Gasteiger partial charge in [0.25, 0.3) is 11.8 Å². The van der Waals surface area contributed by atoms with Crippen LogP contribution in [-0.2, 0) is 16.6 Å². The van der Waals surface area contributed by atoms with Crippen molar-refractivity contribution in [2.24, 2.45) is 0 Å². The lowest BCUT2D eigenvalue weighted by Gasteiger charge is -2.19. The van der Waals surface area contributed by atoms with Gasteiger partial charge >= 0.3 is 0 Å². The standard InChI is InChI=1S/C22H27N3O3S/c1-5-15-6-12-18(13-7-15)28-14-19(26)24-25-21(29)23-20(27)16-8-10-17(11-9-16)22(2,3)4/h6-13H,5,14H2,1-4H3,(H,24,26)(H2,23,25,27,29). The van der Waals surface area contributed by atoms with Crippen molar-refractivity contribution in [3.63, 3.8) is 0 Å². The molecule has 2 rings (SSSR count). The molecular formula is C22H27N3O3S. The van der Waals surface area contributed by atoms with Gasteiger partial charge in [-0.2, -0.15) is 0 Å².